The van der Waals surface area contributed by atoms with Crippen molar-refractivity contribution < 1.29 is 4.74 Å². The molecule has 1 saturated heterocycles. The Morgan fingerprint density at radius 1 is 1.15 bits per heavy atom. The number of rotatable bonds is 5. The molecule has 6 heteroatoms. The molecule has 1 aromatic carbocycles. The number of anilines is 1. The molecule has 0 aliphatic carbocycles. The van der Waals surface area contributed by atoms with Crippen LogP contribution in [0.1, 0.15) is 30.4 Å². The van der Waals surface area contributed by atoms with E-state index in [1.165, 1.54) is 5.69 Å². The molecule has 1 aliphatic rings. The smallest absolute Gasteiger partial charge is 0.174 e. The Labute approximate surface area is 164 Å². The second-order valence-corrected chi connectivity index (χ2v) is 6.80. The van der Waals surface area contributed by atoms with Gasteiger partial charge >= 0.3 is 0 Å². The van der Waals surface area contributed by atoms with Crippen LogP contribution < -0.4 is 15.0 Å². The molecule has 138 valence electrons. The van der Waals surface area contributed by atoms with Crippen LogP contribution in [0.2, 0.25) is 0 Å². The molecule has 3 heterocycles. The standard InChI is InChI=1S/C21H22N4OS/c1-3-24-13-7-11-18(24)20-19(17-10-4-5-12-22-17)23-21(27)25(20)15-8-6-9-16(14-15)26-2/h4-14,19-20H,3H2,1-2H3,(H,23,27). The van der Waals surface area contributed by atoms with E-state index < -0.39 is 0 Å². The molecule has 0 spiro atoms. The van der Waals surface area contributed by atoms with Crippen molar-refractivity contribution in [3.8, 4) is 5.75 Å². The van der Waals surface area contributed by atoms with E-state index in [1.54, 1.807) is 7.11 Å². The lowest BCUT2D eigenvalue weighted by molar-refractivity contribution is 0.414. The van der Waals surface area contributed by atoms with Crippen molar-refractivity contribution in [2.24, 2.45) is 0 Å². The number of aryl methyl sites for hydroxylation is 1. The number of aromatic nitrogens is 2. The molecule has 27 heavy (non-hydrogen) atoms. The van der Waals surface area contributed by atoms with Gasteiger partial charge in [0.25, 0.3) is 0 Å². The minimum Gasteiger partial charge on any atom is -0.497 e. The normalized spacial score (nSPS) is 19.2. The maximum absolute atomic E-state index is 5.75. The molecule has 4 rings (SSSR count). The first-order valence-electron chi connectivity index (χ1n) is 9.02. The number of hydrogen-bond acceptors (Lipinski definition) is 3. The van der Waals surface area contributed by atoms with Gasteiger partial charge in [-0.25, -0.2) is 0 Å². The summed E-state index contributed by atoms with van der Waals surface area (Å²) in [7, 11) is 1.68. The summed E-state index contributed by atoms with van der Waals surface area (Å²) in [6.45, 7) is 3.04. The van der Waals surface area contributed by atoms with Crippen LogP contribution in [-0.4, -0.2) is 21.8 Å². The Balaban J connectivity index is 1.84. The number of benzene rings is 1. The Morgan fingerprint density at radius 2 is 2.04 bits per heavy atom. The van der Waals surface area contributed by atoms with E-state index in [2.05, 4.69) is 51.1 Å². The Morgan fingerprint density at radius 3 is 2.78 bits per heavy atom. The Kier molecular flexibility index (Phi) is 4.81. The Hall–Kier alpha value is -2.86. The Bertz CT molecular complexity index is 940. The molecule has 1 N–H and O–H groups in total. The van der Waals surface area contributed by atoms with E-state index in [1.807, 2.05) is 42.6 Å². The summed E-state index contributed by atoms with van der Waals surface area (Å²) < 4.78 is 7.68. The van der Waals surface area contributed by atoms with Gasteiger partial charge in [-0.05, 0) is 55.5 Å². The lowest BCUT2D eigenvalue weighted by Gasteiger charge is -2.29. The number of hydrogen-bond donors (Lipinski definition) is 1. The van der Waals surface area contributed by atoms with Crippen LogP contribution in [-0.2, 0) is 6.54 Å². The van der Waals surface area contributed by atoms with E-state index >= 15 is 0 Å². The van der Waals surface area contributed by atoms with Gasteiger partial charge in [-0.2, -0.15) is 0 Å². The highest BCUT2D eigenvalue weighted by molar-refractivity contribution is 7.80. The average Bonchev–Trinajstić information content (AvgIpc) is 3.32. The summed E-state index contributed by atoms with van der Waals surface area (Å²) in [5.74, 6) is 0.807. The summed E-state index contributed by atoms with van der Waals surface area (Å²) in [5, 5.41) is 4.17. The van der Waals surface area contributed by atoms with Crippen LogP contribution in [0.4, 0.5) is 5.69 Å². The molecule has 2 aromatic heterocycles. The van der Waals surface area contributed by atoms with E-state index in [9.17, 15) is 0 Å². The molecule has 3 aromatic rings. The monoisotopic (exact) mass is 378 g/mol. The lowest BCUT2D eigenvalue weighted by atomic mass is 10.0. The summed E-state index contributed by atoms with van der Waals surface area (Å²) in [4.78, 5) is 6.76. The van der Waals surface area contributed by atoms with Crippen molar-refractivity contribution in [3.63, 3.8) is 0 Å². The number of pyridine rings is 1. The SMILES string of the molecule is CCn1cccc1C1C(c2ccccn2)NC(=S)N1c1cccc(OC)c1. The van der Waals surface area contributed by atoms with Crippen molar-refractivity contribution in [1.82, 2.24) is 14.9 Å². The predicted octanol–water partition coefficient (Wildman–Crippen LogP) is 4.09. The quantitative estimate of drug-likeness (QED) is 0.678. The first kappa shape index (κ1) is 17.5. The number of thiocarbonyl (C=S) groups is 1. The molecule has 2 unspecified atom stereocenters. The van der Waals surface area contributed by atoms with E-state index in [0.717, 1.165) is 23.7 Å². The van der Waals surface area contributed by atoms with Crippen LogP contribution in [0.25, 0.3) is 0 Å². The van der Waals surface area contributed by atoms with Crippen LogP contribution in [0.5, 0.6) is 5.75 Å². The molecule has 5 nitrogen and oxygen atoms in total. The first-order chi connectivity index (χ1) is 13.2. The maximum atomic E-state index is 5.75. The zero-order chi connectivity index (χ0) is 18.8. The van der Waals surface area contributed by atoms with Crippen molar-refractivity contribution in [2.45, 2.75) is 25.6 Å². The summed E-state index contributed by atoms with van der Waals surface area (Å²) in [5.41, 5.74) is 3.17. The van der Waals surface area contributed by atoms with Crippen molar-refractivity contribution in [3.05, 3.63) is 78.4 Å². The van der Waals surface area contributed by atoms with Gasteiger partial charge in [-0.15, -0.1) is 0 Å². The van der Waals surface area contributed by atoms with Crippen molar-refractivity contribution in [1.29, 1.82) is 0 Å². The third kappa shape index (κ3) is 3.17. The highest BCUT2D eigenvalue weighted by atomic mass is 32.1. The zero-order valence-electron chi connectivity index (χ0n) is 15.4. The third-order valence-electron chi connectivity index (χ3n) is 4.94. The summed E-state index contributed by atoms with van der Waals surface area (Å²) in [6.07, 6.45) is 3.93. The van der Waals surface area contributed by atoms with Crippen molar-refractivity contribution in [2.75, 3.05) is 12.0 Å². The van der Waals surface area contributed by atoms with Crippen molar-refractivity contribution >= 4 is 23.0 Å². The van der Waals surface area contributed by atoms with Gasteiger partial charge in [0.1, 0.15) is 11.8 Å². The van der Waals surface area contributed by atoms with Gasteiger partial charge in [0.05, 0.1) is 18.8 Å². The van der Waals surface area contributed by atoms with Gasteiger partial charge in [0, 0.05) is 36.4 Å². The molecule has 0 amide bonds. The van der Waals surface area contributed by atoms with Crippen LogP contribution >= 0.6 is 12.2 Å². The number of ether oxygens (including phenoxy) is 1. The molecule has 0 saturated carbocycles. The van der Waals surface area contributed by atoms with E-state index in [-0.39, 0.29) is 12.1 Å². The molecular weight excluding hydrogens is 356 g/mol. The fourth-order valence-corrected chi connectivity index (χ4v) is 4.02. The van der Waals surface area contributed by atoms with Gasteiger partial charge in [-0.3, -0.25) is 4.98 Å². The molecule has 2 atom stereocenters. The highest BCUT2D eigenvalue weighted by Crippen LogP contribution is 2.42. The molecule has 0 bridgehead atoms. The fraction of sp³-hybridized carbons (Fsp3) is 0.238. The van der Waals surface area contributed by atoms with Gasteiger partial charge in [-0.1, -0.05) is 12.1 Å². The topological polar surface area (TPSA) is 42.3 Å². The van der Waals surface area contributed by atoms with Gasteiger partial charge < -0.3 is 19.5 Å². The van der Waals surface area contributed by atoms with Gasteiger partial charge in [0.15, 0.2) is 5.11 Å². The van der Waals surface area contributed by atoms with E-state index in [4.69, 9.17) is 17.0 Å². The van der Waals surface area contributed by atoms with Gasteiger partial charge in [0.2, 0.25) is 0 Å². The van der Waals surface area contributed by atoms with E-state index in [0.29, 0.717) is 5.11 Å². The summed E-state index contributed by atoms with van der Waals surface area (Å²) in [6, 6.07) is 18.2. The van der Waals surface area contributed by atoms with Crippen LogP contribution in [0.15, 0.2) is 67.0 Å². The summed E-state index contributed by atoms with van der Waals surface area (Å²) >= 11 is 5.75. The lowest BCUT2D eigenvalue weighted by Crippen LogP contribution is -2.30. The largest absolute Gasteiger partial charge is 0.497 e. The molecule has 1 fully saturated rings. The van der Waals surface area contributed by atoms with Crippen LogP contribution in [0.3, 0.4) is 0 Å². The number of nitrogens with one attached hydrogen (secondary N) is 1. The van der Waals surface area contributed by atoms with Crippen LogP contribution in [0, 0.1) is 0 Å². The second-order valence-electron chi connectivity index (χ2n) is 6.42. The number of nitrogens with zero attached hydrogens (tertiary/aromatic N) is 3. The minimum absolute atomic E-state index is 0.00513. The minimum atomic E-state index is -0.0369. The predicted molar refractivity (Wildman–Crippen MR) is 111 cm³/mol. The first-order valence-corrected chi connectivity index (χ1v) is 9.43. The average molecular weight is 379 g/mol. The third-order valence-corrected chi connectivity index (χ3v) is 5.25. The highest BCUT2D eigenvalue weighted by Gasteiger charge is 2.41. The maximum Gasteiger partial charge on any atom is 0.174 e. The molecule has 1 aliphatic heterocycles. The number of methoxy groups -OCH3 is 1. The molecule has 0 radical (unpaired) electrons. The fourth-order valence-electron chi connectivity index (χ4n) is 3.68. The molecular formula is C21H22N4OS. The zero-order valence-corrected chi connectivity index (χ0v) is 16.2. The second kappa shape index (κ2) is 7.40.